The largest absolute Gasteiger partial charge is 0.507 e. The van der Waals surface area contributed by atoms with Gasteiger partial charge in [0.05, 0.1) is 19.8 Å². The van der Waals surface area contributed by atoms with Crippen molar-refractivity contribution in [3.8, 4) is 17.2 Å². The minimum atomic E-state index is -0.559. The van der Waals surface area contributed by atoms with Gasteiger partial charge in [-0.25, -0.2) is 0 Å². The van der Waals surface area contributed by atoms with Crippen molar-refractivity contribution in [3.63, 3.8) is 0 Å². The summed E-state index contributed by atoms with van der Waals surface area (Å²) >= 11 is 0. The number of carbonyl (C=O) groups is 1. The number of benzene rings is 1. The second-order valence-corrected chi connectivity index (χ2v) is 4.12. The van der Waals surface area contributed by atoms with E-state index in [0.29, 0.717) is 17.2 Å². The lowest BCUT2D eigenvalue weighted by molar-refractivity contribution is 0.102. The maximum atomic E-state index is 12.0. The van der Waals surface area contributed by atoms with Crippen LogP contribution in [0.3, 0.4) is 0 Å². The number of anilines is 1. The Bertz CT molecular complexity index is 724. The number of hydrogen-bond acceptors (Lipinski definition) is 5. The van der Waals surface area contributed by atoms with Crippen LogP contribution in [0.4, 0.5) is 5.69 Å². The molecule has 21 heavy (non-hydrogen) atoms. The number of aromatic amines is 1. The van der Waals surface area contributed by atoms with Crippen molar-refractivity contribution < 1.29 is 19.4 Å². The van der Waals surface area contributed by atoms with Gasteiger partial charge in [0, 0.05) is 24.0 Å². The van der Waals surface area contributed by atoms with Crippen molar-refractivity contribution >= 4 is 11.6 Å². The molecule has 2 aromatic rings. The summed E-state index contributed by atoms with van der Waals surface area (Å²) in [5, 5.41) is 12.2. The highest BCUT2D eigenvalue weighted by molar-refractivity contribution is 6.06. The fourth-order valence-corrected chi connectivity index (χ4v) is 1.76. The molecule has 3 N–H and O–H groups in total. The molecule has 0 atom stereocenters. The topological polar surface area (TPSA) is 101 Å². The lowest BCUT2D eigenvalue weighted by Gasteiger charge is -2.11. The third kappa shape index (κ3) is 3.14. The van der Waals surface area contributed by atoms with E-state index in [9.17, 15) is 14.7 Å². The van der Waals surface area contributed by atoms with Gasteiger partial charge in [0.25, 0.3) is 11.5 Å². The van der Waals surface area contributed by atoms with Crippen LogP contribution in [0.1, 0.15) is 10.4 Å². The van der Waals surface area contributed by atoms with Crippen LogP contribution in [0.15, 0.2) is 35.3 Å². The van der Waals surface area contributed by atoms with Crippen LogP contribution < -0.4 is 20.3 Å². The standard InChI is InChI=1S/C14H14N2O5/c1-20-11-4-3-8(5-12(11)21-2)16-14(19)9-7-15-13(18)6-10(9)17/h3-7H,1-2H3,(H,16,19)(H2,15,17,18). The molecule has 0 unspecified atom stereocenters. The molecule has 2 rings (SSSR count). The van der Waals surface area contributed by atoms with Gasteiger partial charge in [-0.15, -0.1) is 0 Å². The van der Waals surface area contributed by atoms with Gasteiger partial charge >= 0.3 is 0 Å². The van der Waals surface area contributed by atoms with Crippen LogP contribution in [0, 0.1) is 0 Å². The summed E-state index contributed by atoms with van der Waals surface area (Å²) in [6, 6.07) is 5.78. The molecular formula is C14H14N2O5. The van der Waals surface area contributed by atoms with Crippen molar-refractivity contribution in [2.75, 3.05) is 19.5 Å². The van der Waals surface area contributed by atoms with E-state index in [2.05, 4.69) is 10.3 Å². The van der Waals surface area contributed by atoms with Gasteiger partial charge in [0.15, 0.2) is 11.5 Å². The predicted molar refractivity (Wildman–Crippen MR) is 76.2 cm³/mol. The van der Waals surface area contributed by atoms with E-state index < -0.39 is 17.2 Å². The van der Waals surface area contributed by atoms with Crippen LogP contribution in [-0.4, -0.2) is 30.2 Å². The first-order valence-electron chi connectivity index (χ1n) is 6.00. The average molecular weight is 290 g/mol. The minimum Gasteiger partial charge on any atom is -0.507 e. The van der Waals surface area contributed by atoms with Crippen LogP contribution >= 0.6 is 0 Å². The van der Waals surface area contributed by atoms with E-state index >= 15 is 0 Å². The molecule has 7 nitrogen and oxygen atoms in total. The first-order valence-corrected chi connectivity index (χ1v) is 6.00. The Morgan fingerprint density at radius 1 is 1.19 bits per heavy atom. The van der Waals surface area contributed by atoms with Gasteiger partial charge in [-0.1, -0.05) is 0 Å². The maximum absolute atomic E-state index is 12.0. The van der Waals surface area contributed by atoms with Gasteiger partial charge in [-0.2, -0.15) is 0 Å². The molecule has 110 valence electrons. The van der Waals surface area contributed by atoms with Crippen molar-refractivity contribution in [2.45, 2.75) is 0 Å². The molecule has 7 heteroatoms. The highest BCUT2D eigenvalue weighted by atomic mass is 16.5. The van der Waals surface area contributed by atoms with Gasteiger partial charge < -0.3 is 24.9 Å². The zero-order valence-corrected chi connectivity index (χ0v) is 11.5. The van der Waals surface area contributed by atoms with Crippen molar-refractivity contribution in [1.82, 2.24) is 4.98 Å². The molecular weight excluding hydrogens is 276 g/mol. The Labute approximate surface area is 120 Å². The quantitative estimate of drug-likeness (QED) is 0.789. The summed E-state index contributed by atoms with van der Waals surface area (Å²) in [5.74, 6) is 0.0380. The van der Waals surface area contributed by atoms with Gasteiger partial charge in [0.1, 0.15) is 5.75 Å². The normalized spacial score (nSPS) is 10.0. The third-order valence-electron chi connectivity index (χ3n) is 2.79. The fourth-order valence-electron chi connectivity index (χ4n) is 1.76. The van der Waals surface area contributed by atoms with E-state index in [1.165, 1.54) is 14.2 Å². The number of H-pyrrole nitrogens is 1. The number of nitrogens with one attached hydrogen (secondary N) is 2. The van der Waals surface area contributed by atoms with Gasteiger partial charge in [-0.3, -0.25) is 9.59 Å². The van der Waals surface area contributed by atoms with Crippen molar-refractivity contribution in [2.24, 2.45) is 0 Å². The van der Waals surface area contributed by atoms with E-state index in [4.69, 9.17) is 9.47 Å². The molecule has 0 fully saturated rings. The Morgan fingerprint density at radius 2 is 1.90 bits per heavy atom. The lowest BCUT2D eigenvalue weighted by Crippen LogP contribution is -2.15. The average Bonchev–Trinajstić information content (AvgIpc) is 2.46. The number of ether oxygens (including phenoxy) is 2. The molecule has 0 saturated carbocycles. The summed E-state index contributed by atoms with van der Waals surface area (Å²) in [6.07, 6.45) is 1.15. The molecule has 0 bridgehead atoms. The second-order valence-electron chi connectivity index (χ2n) is 4.12. The summed E-state index contributed by atoms with van der Waals surface area (Å²) < 4.78 is 10.2. The van der Waals surface area contributed by atoms with Crippen LogP contribution in [-0.2, 0) is 0 Å². The molecule has 0 aliphatic rings. The first kappa shape index (κ1) is 14.4. The Hall–Kier alpha value is -2.96. The van der Waals surface area contributed by atoms with Crippen molar-refractivity contribution in [1.29, 1.82) is 0 Å². The molecule has 0 aliphatic heterocycles. The van der Waals surface area contributed by atoms with Crippen molar-refractivity contribution in [3.05, 3.63) is 46.4 Å². The maximum Gasteiger partial charge on any atom is 0.260 e. The van der Waals surface area contributed by atoms with Crippen LogP contribution in [0.25, 0.3) is 0 Å². The Kier molecular flexibility index (Phi) is 4.13. The second kappa shape index (κ2) is 6.00. The molecule has 1 aromatic heterocycles. The van der Waals surface area contributed by atoms with Gasteiger partial charge in [0.2, 0.25) is 0 Å². The summed E-state index contributed by atoms with van der Waals surface area (Å²) in [5.41, 5.74) is -0.0669. The number of aromatic hydroxyl groups is 1. The molecule has 1 heterocycles. The Morgan fingerprint density at radius 3 is 2.52 bits per heavy atom. The summed E-state index contributed by atoms with van der Waals surface area (Å²) in [4.78, 5) is 25.4. The zero-order valence-electron chi connectivity index (χ0n) is 11.5. The molecule has 0 spiro atoms. The van der Waals surface area contributed by atoms with Crippen LogP contribution in [0.2, 0.25) is 0 Å². The smallest absolute Gasteiger partial charge is 0.260 e. The number of carbonyl (C=O) groups excluding carboxylic acids is 1. The summed E-state index contributed by atoms with van der Waals surface area (Å²) in [7, 11) is 2.99. The van der Waals surface area contributed by atoms with E-state index in [1.54, 1.807) is 18.2 Å². The molecule has 0 radical (unpaired) electrons. The molecule has 1 amide bonds. The molecule has 0 aliphatic carbocycles. The first-order chi connectivity index (χ1) is 10.0. The number of methoxy groups -OCH3 is 2. The molecule has 0 saturated heterocycles. The minimum absolute atomic E-state index is 0.0376. The predicted octanol–water partition coefficient (Wildman–Crippen LogP) is 1.35. The zero-order chi connectivity index (χ0) is 15.4. The number of aromatic nitrogens is 1. The van der Waals surface area contributed by atoms with Gasteiger partial charge in [-0.05, 0) is 12.1 Å². The van der Waals surface area contributed by atoms with E-state index in [1.807, 2.05) is 0 Å². The SMILES string of the molecule is COc1ccc(NC(=O)c2c[nH]c(=O)cc2O)cc1OC. The third-order valence-corrected chi connectivity index (χ3v) is 2.79. The monoisotopic (exact) mass is 290 g/mol. The number of rotatable bonds is 4. The lowest BCUT2D eigenvalue weighted by atomic mass is 10.2. The van der Waals surface area contributed by atoms with Crippen LogP contribution in [0.5, 0.6) is 17.2 Å². The van der Waals surface area contributed by atoms with E-state index in [-0.39, 0.29) is 5.56 Å². The Balaban J connectivity index is 2.25. The number of pyridine rings is 1. The van der Waals surface area contributed by atoms with E-state index in [0.717, 1.165) is 12.3 Å². The summed E-state index contributed by atoms with van der Waals surface area (Å²) in [6.45, 7) is 0. The highest BCUT2D eigenvalue weighted by Gasteiger charge is 2.13. The number of hydrogen-bond donors (Lipinski definition) is 3. The molecule has 1 aromatic carbocycles. The number of amides is 1. The highest BCUT2D eigenvalue weighted by Crippen LogP contribution is 2.30. The fraction of sp³-hybridized carbons (Fsp3) is 0.143.